The number of hydrogen-bond donors (Lipinski definition) is 2. The molecule has 84 valence electrons. The van der Waals surface area contributed by atoms with Gasteiger partial charge in [-0.3, -0.25) is 0 Å². The maximum absolute atomic E-state index is 12.7. The van der Waals surface area contributed by atoms with Crippen LogP contribution in [0.5, 0.6) is 5.75 Å². The fourth-order valence-electron chi connectivity index (χ4n) is 1.06. The van der Waals surface area contributed by atoms with Gasteiger partial charge in [-0.1, -0.05) is 0 Å². The van der Waals surface area contributed by atoms with Crippen molar-refractivity contribution >= 4 is 0 Å². The average Bonchev–Trinajstić information content (AvgIpc) is 2.14. The highest BCUT2D eigenvalue weighted by Gasteiger charge is 2.05. The van der Waals surface area contributed by atoms with E-state index in [2.05, 4.69) is 0 Å². The first-order chi connectivity index (χ1) is 7.11. The van der Waals surface area contributed by atoms with E-state index in [0.29, 0.717) is 6.42 Å². The number of halogens is 2. The van der Waals surface area contributed by atoms with Crippen molar-refractivity contribution in [1.29, 1.82) is 0 Å². The summed E-state index contributed by atoms with van der Waals surface area (Å²) in [4.78, 5) is 0. The van der Waals surface area contributed by atoms with Gasteiger partial charge in [0.05, 0.1) is 0 Å². The Bertz CT molecular complexity index is 300. The van der Waals surface area contributed by atoms with Crippen molar-refractivity contribution in [3.8, 4) is 5.75 Å². The zero-order chi connectivity index (χ0) is 11.3. The van der Waals surface area contributed by atoms with Gasteiger partial charge in [-0.2, -0.15) is 0 Å². The zero-order valence-corrected chi connectivity index (χ0v) is 8.12. The molecule has 0 aliphatic carbocycles. The summed E-state index contributed by atoms with van der Waals surface area (Å²) in [6, 6.07) is 2.57. The molecule has 0 fully saturated rings. The third-order valence-electron chi connectivity index (χ3n) is 1.80. The van der Waals surface area contributed by atoms with Gasteiger partial charge in [-0.05, 0) is 6.42 Å². The monoisotopic (exact) mass is 217 g/mol. The molecule has 1 rings (SSSR count). The summed E-state index contributed by atoms with van der Waals surface area (Å²) >= 11 is 0. The second-order valence-electron chi connectivity index (χ2n) is 3.19. The van der Waals surface area contributed by atoms with Crippen molar-refractivity contribution in [1.82, 2.24) is 0 Å². The number of aliphatic hydroxyl groups excluding tert-OH is 1. The molecule has 0 heterocycles. The maximum Gasteiger partial charge on any atom is 0.129 e. The van der Waals surface area contributed by atoms with Gasteiger partial charge in [0.15, 0.2) is 0 Å². The molecule has 0 radical (unpaired) electrons. The van der Waals surface area contributed by atoms with Crippen LogP contribution in [0.25, 0.3) is 0 Å². The summed E-state index contributed by atoms with van der Waals surface area (Å²) in [7, 11) is 0. The quantitative estimate of drug-likeness (QED) is 0.775. The topological polar surface area (TPSA) is 55.5 Å². The van der Waals surface area contributed by atoms with E-state index in [0.717, 1.165) is 18.2 Å². The van der Waals surface area contributed by atoms with Crippen LogP contribution in [0.15, 0.2) is 18.2 Å². The minimum Gasteiger partial charge on any atom is -0.492 e. The van der Waals surface area contributed by atoms with E-state index in [-0.39, 0.29) is 25.0 Å². The fourth-order valence-corrected chi connectivity index (χ4v) is 1.06. The molecular weight excluding hydrogens is 204 g/mol. The summed E-state index contributed by atoms with van der Waals surface area (Å²) in [5, 5.41) is 8.57. The highest BCUT2D eigenvalue weighted by Crippen LogP contribution is 2.15. The number of rotatable bonds is 5. The first kappa shape index (κ1) is 11.9. The Labute approximate surface area is 86.5 Å². The van der Waals surface area contributed by atoms with Crippen LogP contribution in [0.2, 0.25) is 0 Å². The van der Waals surface area contributed by atoms with Crippen LogP contribution in [-0.2, 0) is 0 Å². The number of nitrogens with two attached hydrogens (primary N) is 1. The largest absolute Gasteiger partial charge is 0.492 e. The highest BCUT2D eigenvalue weighted by atomic mass is 19.1. The number of ether oxygens (including phenoxy) is 1. The molecule has 0 spiro atoms. The molecule has 1 aromatic carbocycles. The van der Waals surface area contributed by atoms with Gasteiger partial charge in [-0.25, -0.2) is 8.78 Å². The minimum absolute atomic E-state index is 0.0396. The lowest BCUT2D eigenvalue weighted by Crippen LogP contribution is -2.28. The molecule has 0 bridgehead atoms. The Hall–Kier alpha value is -1.20. The second-order valence-corrected chi connectivity index (χ2v) is 3.19. The number of benzene rings is 1. The number of hydrogen-bond acceptors (Lipinski definition) is 3. The molecule has 5 heteroatoms. The normalized spacial score (nSPS) is 12.5. The first-order valence-corrected chi connectivity index (χ1v) is 4.57. The van der Waals surface area contributed by atoms with Crippen LogP contribution >= 0.6 is 0 Å². The molecule has 3 nitrogen and oxygen atoms in total. The minimum atomic E-state index is -0.694. The van der Waals surface area contributed by atoms with E-state index >= 15 is 0 Å². The first-order valence-electron chi connectivity index (χ1n) is 4.57. The van der Waals surface area contributed by atoms with E-state index in [1.165, 1.54) is 0 Å². The molecule has 1 aromatic rings. The van der Waals surface area contributed by atoms with Crippen molar-refractivity contribution < 1.29 is 18.6 Å². The molecule has 0 aliphatic heterocycles. The molecule has 0 saturated heterocycles. The lowest BCUT2D eigenvalue weighted by atomic mass is 10.2. The molecule has 3 N–H and O–H groups in total. The SMILES string of the molecule is NC(CCO)COc1cc(F)cc(F)c1. The zero-order valence-electron chi connectivity index (χ0n) is 8.12. The Kier molecular flexibility index (Phi) is 4.45. The summed E-state index contributed by atoms with van der Waals surface area (Å²) < 4.78 is 30.5. The molecule has 1 atom stereocenters. The molecule has 1 unspecified atom stereocenters. The van der Waals surface area contributed by atoms with Crippen LogP contribution in [0.1, 0.15) is 6.42 Å². The van der Waals surface area contributed by atoms with Crippen LogP contribution < -0.4 is 10.5 Å². The number of aliphatic hydroxyl groups is 1. The standard InChI is InChI=1S/C10H13F2NO2/c11-7-3-8(12)5-10(4-7)15-6-9(13)1-2-14/h3-5,9,14H,1-2,6,13H2. The van der Waals surface area contributed by atoms with Crippen molar-refractivity contribution in [2.45, 2.75) is 12.5 Å². The van der Waals surface area contributed by atoms with Crippen molar-refractivity contribution in [3.05, 3.63) is 29.8 Å². The van der Waals surface area contributed by atoms with E-state index in [9.17, 15) is 8.78 Å². The van der Waals surface area contributed by atoms with Gasteiger partial charge < -0.3 is 15.6 Å². The third kappa shape index (κ3) is 4.22. The van der Waals surface area contributed by atoms with Gasteiger partial charge >= 0.3 is 0 Å². The second kappa shape index (κ2) is 5.63. The average molecular weight is 217 g/mol. The van der Waals surface area contributed by atoms with Gasteiger partial charge in [0.25, 0.3) is 0 Å². The predicted octanol–water partition coefficient (Wildman–Crippen LogP) is 1.05. The predicted molar refractivity (Wildman–Crippen MR) is 51.5 cm³/mol. The molecule has 0 saturated carbocycles. The van der Waals surface area contributed by atoms with Gasteiger partial charge in [0.2, 0.25) is 0 Å². The Balaban J connectivity index is 2.50. The lowest BCUT2D eigenvalue weighted by molar-refractivity contribution is 0.232. The summed E-state index contributed by atoms with van der Waals surface area (Å²) in [5.41, 5.74) is 5.54. The van der Waals surface area contributed by atoms with E-state index in [4.69, 9.17) is 15.6 Å². The Morgan fingerprint density at radius 3 is 2.40 bits per heavy atom. The molecular formula is C10H13F2NO2. The van der Waals surface area contributed by atoms with Crippen LogP contribution in [0, 0.1) is 11.6 Å². The molecule has 0 amide bonds. The van der Waals surface area contributed by atoms with Gasteiger partial charge in [-0.15, -0.1) is 0 Å². The Morgan fingerprint density at radius 1 is 1.27 bits per heavy atom. The molecule has 0 aromatic heterocycles. The van der Waals surface area contributed by atoms with Crippen molar-refractivity contribution in [3.63, 3.8) is 0 Å². The summed E-state index contributed by atoms with van der Waals surface area (Å²) in [6.07, 6.45) is 0.387. The third-order valence-corrected chi connectivity index (χ3v) is 1.80. The van der Waals surface area contributed by atoms with Crippen LogP contribution in [-0.4, -0.2) is 24.4 Å². The van der Waals surface area contributed by atoms with Gasteiger partial charge in [0.1, 0.15) is 24.0 Å². The van der Waals surface area contributed by atoms with Crippen molar-refractivity contribution in [2.75, 3.05) is 13.2 Å². The van der Waals surface area contributed by atoms with E-state index < -0.39 is 11.6 Å². The summed E-state index contributed by atoms with van der Waals surface area (Å²) in [5.74, 6) is -1.29. The Morgan fingerprint density at radius 2 is 1.87 bits per heavy atom. The van der Waals surface area contributed by atoms with E-state index in [1.807, 2.05) is 0 Å². The van der Waals surface area contributed by atoms with Crippen LogP contribution in [0.4, 0.5) is 8.78 Å². The van der Waals surface area contributed by atoms with Crippen molar-refractivity contribution in [2.24, 2.45) is 5.73 Å². The maximum atomic E-state index is 12.7. The van der Waals surface area contributed by atoms with E-state index in [1.54, 1.807) is 0 Å². The van der Waals surface area contributed by atoms with Crippen LogP contribution in [0.3, 0.4) is 0 Å². The molecule has 0 aliphatic rings. The fraction of sp³-hybridized carbons (Fsp3) is 0.400. The highest BCUT2D eigenvalue weighted by molar-refractivity contribution is 5.23. The molecule has 15 heavy (non-hydrogen) atoms. The van der Waals surface area contributed by atoms with Gasteiger partial charge in [0, 0.05) is 30.8 Å². The smallest absolute Gasteiger partial charge is 0.129 e. The lowest BCUT2D eigenvalue weighted by Gasteiger charge is -2.11. The summed E-state index contributed by atoms with van der Waals surface area (Å²) in [6.45, 7) is 0.0749.